The molecule has 3 fully saturated rings. The molecule has 0 spiro atoms. The van der Waals surface area contributed by atoms with Crippen LogP contribution in [0.3, 0.4) is 0 Å². The predicted octanol–water partition coefficient (Wildman–Crippen LogP) is 4.69. The van der Waals surface area contributed by atoms with Gasteiger partial charge in [0.1, 0.15) is 0 Å². The van der Waals surface area contributed by atoms with E-state index in [0.29, 0.717) is 17.0 Å². The van der Waals surface area contributed by atoms with E-state index in [4.69, 9.17) is 0 Å². The Bertz CT molecular complexity index is 707. The van der Waals surface area contributed by atoms with Gasteiger partial charge in [0.25, 0.3) is 0 Å². The van der Waals surface area contributed by atoms with Gasteiger partial charge in [-0.15, -0.1) is 0 Å². The second-order valence-corrected chi connectivity index (χ2v) is 10.3. The maximum atomic E-state index is 9.99. The minimum Gasteiger partial charge on any atom is -0.198 e. The molecule has 0 aliphatic heterocycles. The van der Waals surface area contributed by atoms with Gasteiger partial charge in [-0.3, -0.25) is 0 Å². The summed E-state index contributed by atoms with van der Waals surface area (Å²) >= 11 is 0. The number of nitrogens with zero attached hydrogens (tertiary/aromatic N) is 1. The van der Waals surface area contributed by atoms with Crippen LogP contribution in [0.1, 0.15) is 26.7 Å². The smallest absolute Gasteiger partial charge is 0.0665 e. The van der Waals surface area contributed by atoms with Crippen LogP contribution in [-0.4, -0.2) is 5.66 Å². The lowest BCUT2D eigenvalue weighted by Gasteiger charge is -2.62. The summed E-state index contributed by atoms with van der Waals surface area (Å²) in [7, 11) is -0.474. The van der Waals surface area contributed by atoms with Crippen LogP contribution < -0.4 is 10.6 Å². The van der Waals surface area contributed by atoms with Crippen molar-refractivity contribution >= 4 is 18.5 Å². The maximum absolute atomic E-state index is 9.99. The van der Waals surface area contributed by atoms with Crippen molar-refractivity contribution in [2.75, 3.05) is 0 Å². The highest BCUT2D eigenvalue weighted by molar-refractivity contribution is 7.73. The zero-order valence-corrected chi connectivity index (χ0v) is 15.3. The molecule has 0 N–H and O–H groups in total. The Morgan fingerprint density at radius 3 is 1.92 bits per heavy atom. The topological polar surface area (TPSA) is 23.8 Å². The second kappa shape index (κ2) is 6.02. The predicted molar refractivity (Wildman–Crippen MR) is 102 cm³/mol. The monoisotopic (exact) mass is 333 g/mol. The number of benzene rings is 2. The summed E-state index contributed by atoms with van der Waals surface area (Å²) in [6, 6.07) is 24.5. The van der Waals surface area contributed by atoms with Crippen molar-refractivity contribution in [1.29, 1.82) is 5.26 Å². The third kappa shape index (κ3) is 2.40. The van der Waals surface area contributed by atoms with Gasteiger partial charge in [0, 0.05) is 5.66 Å². The molecule has 2 bridgehead atoms. The molecule has 5 rings (SSSR count). The van der Waals surface area contributed by atoms with Crippen molar-refractivity contribution in [2.45, 2.75) is 32.3 Å². The fraction of sp³-hybridized carbons (Fsp3) is 0.409. The van der Waals surface area contributed by atoms with Crippen molar-refractivity contribution in [2.24, 2.45) is 23.2 Å². The first kappa shape index (κ1) is 15.9. The summed E-state index contributed by atoms with van der Waals surface area (Å²) in [6.45, 7) is 4.75. The van der Waals surface area contributed by atoms with Gasteiger partial charge in [-0.05, 0) is 48.6 Å². The zero-order valence-electron chi connectivity index (χ0n) is 14.4. The standard InChI is InChI=1S/C22H24NP/c1-22(2)16-13-20(22)19(15-23)21(14-16)24(17-9-5-3-6-10-17)18-11-7-4-8-12-18/h3-12,16,19-21H,13-14H2,1-2H3/t16?,19-,20-,21-/m0/s1. The first-order chi connectivity index (χ1) is 11.6. The maximum Gasteiger partial charge on any atom is 0.0665 e. The van der Waals surface area contributed by atoms with E-state index in [9.17, 15) is 5.26 Å². The fourth-order valence-corrected chi connectivity index (χ4v) is 8.03. The normalized spacial score (nSPS) is 30.4. The molecule has 1 nitrogen and oxygen atoms in total. The SMILES string of the molecule is CC1(C)C2C[C@H](P(c3ccccc3)c3ccccc3)[C@@H](C#N)[C@@H]1C2. The van der Waals surface area contributed by atoms with E-state index >= 15 is 0 Å². The number of hydrogen-bond acceptors (Lipinski definition) is 1. The Balaban J connectivity index is 1.76. The highest BCUT2D eigenvalue weighted by Crippen LogP contribution is 2.66. The number of hydrogen-bond donors (Lipinski definition) is 0. The summed E-state index contributed by atoms with van der Waals surface area (Å²) in [5, 5.41) is 12.8. The Morgan fingerprint density at radius 1 is 0.917 bits per heavy atom. The van der Waals surface area contributed by atoms with E-state index in [1.54, 1.807) is 0 Å². The summed E-state index contributed by atoms with van der Waals surface area (Å²) in [5.41, 5.74) is 0.845. The van der Waals surface area contributed by atoms with Crippen molar-refractivity contribution in [3.63, 3.8) is 0 Å². The third-order valence-electron chi connectivity index (χ3n) is 6.47. The van der Waals surface area contributed by atoms with Crippen LogP contribution in [0.5, 0.6) is 0 Å². The molecule has 1 unspecified atom stereocenters. The first-order valence-corrected chi connectivity index (χ1v) is 10.3. The molecule has 4 atom stereocenters. The van der Waals surface area contributed by atoms with Crippen LogP contribution in [0, 0.1) is 34.5 Å². The van der Waals surface area contributed by atoms with Crippen molar-refractivity contribution in [3.8, 4) is 6.07 Å². The Kier molecular flexibility index (Phi) is 3.98. The molecule has 2 aromatic rings. The molecule has 24 heavy (non-hydrogen) atoms. The van der Waals surface area contributed by atoms with Gasteiger partial charge in [0.05, 0.1) is 12.0 Å². The van der Waals surface area contributed by atoms with E-state index in [-0.39, 0.29) is 5.92 Å². The third-order valence-corrected chi connectivity index (χ3v) is 9.37. The van der Waals surface area contributed by atoms with Gasteiger partial charge in [-0.2, -0.15) is 5.26 Å². The number of nitriles is 1. The Morgan fingerprint density at radius 2 is 1.46 bits per heavy atom. The molecule has 3 aliphatic rings. The highest BCUT2D eigenvalue weighted by Gasteiger charge is 2.59. The molecule has 2 aromatic carbocycles. The summed E-state index contributed by atoms with van der Waals surface area (Å²) in [4.78, 5) is 0. The molecule has 0 heterocycles. The molecule has 0 amide bonds. The van der Waals surface area contributed by atoms with Gasteiger partial charge in [-0.25, -0.2) is 0 Å². The summed E-state index contributed by atoms with van der Waals surface area (Å²) in [5.74, 6) is 1.55. The quantitative estimate of drug-likeness (QED) is 0.747. The van der Waals surface area contributed by atoms with Crippen LogP contribution in [0.25, 0.3) is 0 Å². The zero-order chi connectivity index (χ0) is 16.7. The van der Waals surface area contributed by atoms with E-state index < -0.39 is 7.92 Å². The Hall–Kier alpha value is -1.64. The lowest BCUT2D eigenvalue weighted by molar-refractivity contribution is -0.0852. The van der Waals surface area contributed by atoms with E-state index in [2.05, 4.69) is 80.6 Å². The van der Waals surface area contributed by atoms with Gasteiger partial charge < -0.3 is 0 Å². The largest absolute Gasteiger partial charge is 0.198 e. The van der Waals surface area contributed by atoms with E-state index in [1.165, 1.54) is 23.5 Å². The summed E-state index contributed by atoms with van der Waals surface area (Å²) < 4.78 is 0. The van der Waals surface area contributed by atoms with Crippen LogP contribution >= 0.6 is 7.92 Å². The van der Waals surface area contributed by atoms with Crippen LogP contribution in [0.15, 0.2) is 60.7 Å². The minimum atomic E-state index is -0.474. The molecule has 3 saturated carbocycles. The average Bonchev–Trinajstić information content (AvgIpc) is 2.63. The first-order valence-electron chi connectivity index (χ1n) is 8.92. The molecular weight excluding hydrogens is 309 g/mol. The second-order valence-electron chi connectivity index (χ2n) is 7.86. The molecular formula is C22H24NP. The van der Waals surface area contributed by atoms with E-state index in [1.807, 2.05) is 0 Å². The number of rotatable bonds is 3. The van der Waals surface area contributed by atoms with Crippen molar-refractivity contribution in [3.05, 3.63) is 60.7 Å². The average molecular weight is 333 g/mol. The molecule has 3 aliphatic carbocycles. The van der Waals surface area contributed by atoms with Crippen molar-refractivity contribution < 1.29 is 0 Å². The van der Waals surface area contributed by atoms with E-state index in [0.717, 1.165) is 5.92 Å². The molecule has 0 aromatic heterocycles. The highest BCUT2D eigenvalue weighted by atomic mass is 31.1. The van der Waals surface area contributed by atoms with Crippen LogP contribution in [0.2, 0.25) is 0 Å². The van der Waals surface area contributed by atoms with Crippen LogP contribution in [-0.2, 0) is 0 Å². The molecule has 0 saturated heterocycles. The van der Waals surface area contributed by atoms with Gasteiger partial charge in [0.15, 0.2) is 0 Å². The Labute approximate surface area is 146 Å². The van der Waals surface area contributed by atoms with Gasteiger partial charge in [0.2, 0.25) is 0 Å². The van der Waals surface area contributed by atoms with Gasteiger partial charge >= 0.3 is 0 Å². The molecule has 0 radical (unpaired) electrons. The lowest BCUT2D eigenvalue weighted by atomic mass is 9.45. The lowest BCUT2D eigenvalue weighted by Crippen LogP contribution is -2.57. The summed E-state index contributed by atoms with van der Waals surface area (Å²) in [6.07, 6.45) is 2.46. The van der Waals surface area contributed by atoms with Crippen LogP contribution in [0.4, 0.5) is 0 Å². The number of fused-ring (bicyclic) bond motifs is 2. The molecule has 2 heteroatoms. The van der Waals surface area contributed by atoms with Crippen molar-refractivity contribution in [1.82, 2.24) is 0 Å². The fourth-order valence-electron chi connectivity index (χ4n) is 4.92. The molecule has 122 valence electrons. The minimum absolute atomic E-state index is 0.191. The van der Waals surface area contributed by atoms with Gasteiger partial charge in [-0.1, -0.05) is 74.5 Å².